The number of benzene rings is 1. The van der Waals surface area contributed by atoms with E-state index in [1.165, 1.54) is 15.7 Å². The van der Waals surface area contributed by atoms with Crippen molar-refractivity contribution in [2.75, 3.05) is 24.5 Å². The highest BCUT2D eigenvalue weighted by atomic mass is 79.9. The number of piperazine rings is 1. The van der Waals surface area contributed by atoms with Crippen molar-refractivity contribution >= 4 is 21.6 Å². The third-order valence-corrected chi connectivity index (χ3v) is 4.55. The summed E-state index contributed by atoms with van der Waals surface area (Å²) in [6.45, 7) is 9.98. The second-order valence-electron chi connectivity index (χ2n) is 5.16. The third-order valence-electron chi connectivity index (χ3n) is 3.52. The lowest BCUT2D eigenvalue weighted by Gasteiger charge is -2.37. The number of hydrogen-bond donors (Lipinski definition) is 1. The molecule has 0 amide bonds. The van der Waals surface area contributed by atoms with Crippen molar-refractivity contribution in [3.63, 3.8) is 0 Å². The van der Waals surface area contributed by atoms with E-state index in [1.54, 1.807) is 0 Å². The normalized spacial score (nSPS) is 21.0. The van der Waals surface area contributed by atoms with E-state index in [-0.39, 0.29) is 0 Å². The van der Waals surface area contributed by atoms with E-state index < -0.39 is 0 Å². The first-order valence-electron chi connectivity index (χ1n) is 6.33. The van der Waals surface area contributed by atoms with E-state index in [1.807, 2.05) is 0 Å². The Bertz CT molecular complexity index is 390. The summed E-state index contributed by atoms with van der Waals surface area (Å²) in [7, 11) is 0. The van der Waals surface area contributed by atoms with Crippen molar-refractivity contribution in [2.45, 2.75) is 26.8 Å². The summed E-state index contributed by atoms with van der Waals surface area (Å²) < 4.78 is 1.24. The molecule has 1 aromatic carbocycles. The third kappa shape index (κ3) is 2.83. The molecule has 2 rings (SSSR count). The molecule has 0 saturated carbocycles. The van der Waals surface area contributed by atoms with Crippen LogP contribution >= 0.6 is 15.9 Å². The molecule has 1 unspecified atom stereocenters. The smallest absolute Gasteiger partial charge is 0.0514 e. The van der Waals surface area contributed by atoms with Crippen LogP contribution in [0.2, 0.25) is 0 Å². The molecule has 0 spiro atoms. The Hall–Kier alpha value is -0.540. The number of nitrogens with one attached hydrogen (secondary N) is 1. The van der Waals surface area contributed by atoms with Gasteiger partial charge >= 0.3 is 0 Å². The lowest BCUT2D eigenvalue weighted by molar-refractivity contribution is 0.368. The van der Waals surface area contributed by atoms with Gasteiger partial charge in [-0.1, -0.05) is 26.0 Å². The Morgan fingerprint density at radius 1 is 1.41 bits per heavy atom. The van der Waals surface area contributed by atoms with Crippen molar-refractivity contribution in [1.82, 2.24) is 5.32 Å². The molecule has 17 heavy (non-hydrogen) atoms. The molecule has 3 heteroatoms. The molecule has 1 aliphatic rings. The van der Waals surface area contributed by atoms with Crippen molar-refractivity contribution in [1.29, 1.82) is 0 Å². The molecule has 1 heterocycles. The van der Waals surface area contributed by atoms with Gasteiger partial charge in [-0.15, -0.1) is 0 Å². The molecule has 1 saturated heterocycles. The highest BCUT2D eigenvalue weighted by Gasteiger charge is 2.23. The lowest BCUT2D eigenvalue weighted by Crippen LogP contribution is -2.53. The lowest BCUT2D eigenvalue weighted by atomic mass is 10.0. The molecule has 0 bridgehead atoms. The van der Waals surface area contributed by atoms with E-state index in [9.17, 15) is 0 Å². The Balaban J connectivity index is 2.19. The number of hydrogen-bond acceptors (Lipinski definition) is 2. The van der Waals surface area contributed by atoms with E-state index in [0.29, 0.717) is 12.0 Å². The summed E-state index contributed by atoms with van der Waals surface area (Å²) >= 11 is 3.71. The van der Waals surface area contributed by atoms with Gasteiger partial charge in [0.15, 0.2) is 0 Å². The Morgan fingerprint density at radius 2 is 2.18 bits per heavy atom. The molecule has 1 aromatic rings. The van der Waals surface area contributed by atoms with Crippen LogP contribution in [0.5, 0.6) is 0 Å². The van der Waals surface area contributed by atoms with Gasteiger partial charge < -0.3 is 10.2 Å². The van der Waals surface area contributed by atoms with Crippen LogP contribution in [0.25, 0.3) is 0 Å². The van der Waals surface area contributed by atoms with Gasteiger partial charge in [0, 0.05) is 30.1 Å². The van der Waals surface area contributed by atoms with Gasteiger partial charge in [0.2, 0.25) is 0 Å². The largest absolute Gasteiger partial charge is 0.368 e. The SMILES string of the molecule is Cc1cccc(N2CCNC(C(C)C)C2)c1Br. The number of anilines is 1. The van der Waals surface area contributed by atoms with E-state index >= 15 is 0 Å². The fourth-order valence-electron chi connectivity index (χ4n) is 2.32. The molecular formula is C14H21BrN2. The summed E-state index contributed by atoms with van der Waals surface area (Å²) in [5.74, 6) is 0.682. The molecule has 0 aromatic heterocycles. The van der Waals surface area contributed by atoms with Gasteiger partial charge in [-0.25, -0.2) is 0 Å². The highest BCUT2D eigenvalue weighted by molar-refractivity contribution is 9.10. The number of nitrogens with zero attached hydrogens (tertiary/aromatic N) is 1. The Morgan fingerprint density at radius 3 is 2.88 bits per heavy atom. The van der Waals surface area contributed by atoms with Gasteiger partial charge in [-0.05, 0) is 40.4 Å². The van der Waals surface area contributed by atoms with Gasteiger partial charge in [0.1, 0.15) is 0 Å². The molecule has 1 atom stereocenters. The van der Waals surface area contributed by atoms with Crippen molar-refractivity contribution in [2.24, 2.45) is 5.92 Å². The average Bonchev–Trinajstić information content (AvgIpc) is 2.33. The quantitative estimate of drug-likeness (QED) is 0.902. The molecule has 1 N–H and O–H groups in total. The van der Waals surface area contributed by atoms with Crippen LogP contribution in [0.4, 0.5) is 5.69 Å². The molecule has 94 valence electrons. The van der Waals surface area contributed by atoms with Crippen molar-refractivity contribution in [3.8, 4) is 0 Å². The predicted octanol–water partition coefficient (Wildman–Crippen LogP) is 3.19. The number of aryl methyl sites for hydroxylation is 1. The molecular weight excluding hydrogens is 276 g/mol. The van der Waals surface area contributed by atoms with Crippen LogP contribution in [0.1, 0.15) is 19.4 Å². The first-order valence-corrected chi connectivity index (χ1v) is 7.12. The van der Waals surface area contributed by atoms with Gasteiger partial charge in [-0.3, -0.25) is 0 Å². The monoisotopic (exact) mass is 296 g/mol. The summed E-state index contributed by atoms with van der Waals surface area (Å²) in [5, 5.41) is 3.60. The van der Waals surface area contributed by atoms with Crippen LogP contribution in [0.15, 0.2) is 22.7 Å². The summed E-state index contributed by atoms with van der Waals surface area (Å²) in [6.07, 6.45) is 0. The summed E-state index contributed by atoms with van der Waals surface area (Å²) in [5.41, 5.74) is 2.64. The van der Waals surface area contributed by atoms with Crippen LogP contribution in [0.3, 0.4) is 0 Å². The average molecular weight is 297 g/mol. The first-order chi connectivity index (χ1) is 8.09. The molecule has 1 fully saturated rings. The van der Waals surface area contributed by atoms with E-state index in [2.05, 4.69) is 65.1 Å². The predicted molar refractivity (Wildman–Crippen MR) is 77.7 cm³/mol. The van der Waals surface area contributed by atoms with Crippen LogP contribution in [0, 0.1) is 12.8 Å². The summed E-state index contributed by atoms with van der Waals surface area (Å²) in [4.78, 5) is 2.48. The number of rotatable bonds is 2. The number of halogens is 1. The van der Waals surface area contributed by atoms with Crippen LogP contribution in [-0.2, 0) is 0 Å². The molecule has 0 aliphatic carbocycles. The highest BCUT2D eigenvalue weighted by Crippen LogP contribution is 2.30. The summed E-state index contributed by atoms with van der Waals surface area (Å²) in [6, 6.07) is 7.09. The maximum atomic E-state index is 3.71. The fourth-order valence-corrected chi connectivity index (χ4v) is 2.83. The maximum Gasteiger partial charge on any atom is 0.0514 e. The zero-order chi connectivity index (χ0) is 12.4. The van der Waals surface area contributed by atoms with Crippen molar-refractivity contribution in [3.05, 3.63) is 28.2 Å². The standard InChI is InChI=1S/C14H21BrN2/c1-10(2)12-9-17(8-7-16-12)13-6-4-5-11(3)14(13)15/h4-6,10,12,16H,7-9H2,1-3H3. The molecule has 0 radical (unpaired) electrons. The minimum atomic E-state index is 0.594. The van der Waals surface area contributed by atoms with Gasteiger partial charge in [-0.2, -0.15) is 0 Å². The minimum Gasteiger partial charge on any atom is -0.368 e. The second-order valence-corrected chi connectivity index (χ2v) is 5.95. The molecule has 2 nitrogen and oxygen atoms in total. The van der Waals surface area contributed by atoms with E-state index in [4.69, 9.17) is 0 Å². The van der Waals surface area contributed by atoms with Crippen molar-refractivity contribution < 1.29 is 0 Å². The van der Waals surface area contributed by atoms with E-state index in [0.717, 1.165) is 19.6 Å². The maximum absolute atomic E-state index is 3.71. The van der Waals surface area contributed by atoms with Gasteiger partial charge in [0.25, 0.3) is 0 Å². The first kappa shape index (κ1) is 12.9. The minimum absolute atomic E-state index is 0.594. The fraction of sp³-hybridized carbons (Fsp3) is 0.571. The Kier molecular flexibility index (Phi) is 4.10. The second kappa shape index (κ2) is 5.40. The topological polar surface area (TPSA) is 15.3 Å². The molecule has 1 aliphatic heterocycles. The van der Waals surface area contributed by atoms with Gasteiger partial charge in [0.05, 0.1) is 5.69 Å². The van der Waals surface area contributed by atoms with Crippen LogP contribution in [-0.4, -0.2) is 25.7 Å². The Labute approximate surface area is 113 Å². The zero-order valence-electron chi connectivity index (χ0n) is 10.8. The van der Waals surface area contributed by atoms with Crippen LogP contribution < -0.4 is 10.2 Å². The zero-order valence-corrected chi connectivity index (χ0v) is 12.4.